The molecule has 0 aliphatic heterocycles. The first-order chi connectivity index (χ1) is 17.5. The van der Waals surface area contributed by atoms with E-state index in [4.69, 9.17) is 9.15 Å². The Morgan fingerprint density at radius 1 is 0.892 bits per heavy atom. The van der Waals surface area contributed by atoms with Crippen molar-refractivity contribution in [3.63, 3.8) is 0 Å². The molecule has 3 rings (SSSR count). The van der Waals surface area contributed by atoms with E-state index in [-0.39, 0.29) is 51.4 Å². The summed E-state index contributed by atoms with van der Waals surface area (Å²) in [5.41, 5.74) is 4.49. The lowest BCUT2D eigenvalue weighted by atomic mass is 9.97. The monoisotopic (exact) mass is 504 g/mol. The van der Waals surface area contributed by atoms with E-state index in [1.54, 1.807) is 0 Å². The van der Waals surface area contributed by atoms with Crippen LogP contribution in [-0.2, 0) is 12.8 Å². The van der Waals surface area contributed by atoms with Crippen molar-refractivity contribution < 1.29 is 24.5 Å². The molecule has 0 aliphatic carbocycles. The summed E-state index contributed by atoms with van der Waals surface area (Å²) in [6.07, 6.45) is 8.66. The Hall–Kier alpha value is -3.93. The third-order valence-electron chi connectivity index (χ3n) is 6.21. The molecule has 6 heteroatoms. The molecule has 3 aromatic rings. The normalized spacial score (nSPS) is 11.5. The Kier molecular flexibility index (Phi) is 8.87. The van der Waals surface area contributed by atoms with Gasteiger partial charge in [0.2, 0.25) is 5.43 Å². The van der Waals surface area contributed by atoms with Crippen molar-refractivity contribution in [2.24, 2.45) is 0 Å². The standard InChI is InChI=1S/C31H36O6/c1-18(2)8-7-9-20(5)11-14-23-27(36-6)17-26(34)28-29(35)24(13-10-19(3)4)30(37-31(23)28)22-15-12-21(32)16-25(22)33/h8,10-12,15-17,32-34H,7,9,13-14H2,1-6H3. The van der Waals surface area contributed by atoms with Crippen LogP contribution in [0.3, 0.4) is 0 Å². The number of phenols is 3. The quantitative estimate of drug-likeness (QED) is 0.264. The third-order valence-corrected chi connectivity index (χ3v) is 6.21. The van der Waals surface area contributed by atoms with Crippen LogP contribution in [0.5, 0.6) is 23.0 Å². The minimum atomic E-state index is -0.383. The molecular formula is C31H36O6. The van der Waals surface area contributed by atoms with Crippen LogP contribution in [0, 0.1) is 0 Å². The zero-order valence-corrected chi connectivity index (χ0v) is 22.4. The van der Waals surface area contributed by atoms with E-state index in [0.717, 1.165) is 18.4 Å². The Morgan fingerprint density at radius 2 is 1.57 bits per heavy atom. The summed E-state index contributed by atoms with van der Waals surface area (Å²) in [4.78, 5) is 13.8. The van der Waals surface area contributed by atoms with Crippen LogP contribution in [0.2, 0.25) is 0 Å². The first kappa shape index (κ1) is 27.7. The van der Waals surface area contributed by atoms with E-state index in [0.29, 0.717) is 23.3 Å². The molecule has 0 bridgehead atoms. The van der Waals surface area contributed by atoms with Gasteiger partial charge in [0.05, 0.1) is 12.7 Å². The zero-order chi connectivity index (χ0) is 27.3. The Morgan fingerprint density at radius 3 is 2.19 bits per heavy atom. The van der Waals surface area contributed by atoms with Gasteiger partial charge in [0.15, 0.2) is 0 Å². The van der Waals surface area contributed by atoms with E-state index in [1.807, 2.05) is 19.9 Å². The van der Waals surface area contributed by atoms with Crippen LogP contribution in [0.1, 0.15) is 58.6 Å². The highest BCUT2D eigenvalue weighted by Crippen LogP contribution is 2.40. The molecule has 0 unspecified atom stereocenters. The molecule has 1 heterocycles. The van der Waals surface area contributed by atoms with E-state index < -0.39 is 0 Å². The van der Waals surface area contributed by atoms with Crippen LogP contribution >= 0.6 is 0 Å². The SMILES string of the molecule is COc1cc(O)c2c(=O)c(CC=C(C)C)c(-c3ccc(O)cc3O)oc2c1CC=C(C)CCC=C(C)C. The lowest BCUT2D eigenvalue weighted by Gasteiger charge is -2.16. The minimum Gasteiger partial charge on any atom is -0.508 e. The average molecular weight is 505 g/mol. The number of methoxy groups -OCH3 is 1. The molecular weight excluding hydrogens is 468 g/mol. The Bertz CT molecular complexity index is 1450. The number of allylic oxidation sites excluding steroid dienone is 6. The zero-order valence-electron chi connectivity index (χ0n) is 22.4. The molecule has 6 nitrogen and oxygen atoms in total. The fourth-order valence-electron chi connectivity index (χ4n) is 4.18. The van der Waals surface area contributed by atoms with Gasteiger partial charge in [0.25, 0.3) is 0 Å². The maximum Gasteiger partial charge on any atom is 0.200 e. The van der Waals surface area contributed by atoms with Gasteiger partial charge in [0.1, 0.15) is 39.7 Å². The summed E-state index contributed by atoms with van der Waals surface area (Å²) in [6, 6.07) is 5.58. The summed E-state index contributed by atoms with van der Waals surface area (Å²) in [7, 11) is 1.50. The molecule has 0 aliphatic rings. The minimum absolute atomic E-state index is 0.0746. The largest absolute Gasteiger partial charge is 0.508 e. The van der Waals surface area contributed by atoms with Gasteiger partial charge in [0, 0.05) is 23.3 Å². The Labute approximate surface area is 217 Å². The van der Waals surface area contributed by atoms with Gasteiger partial charge in [-0.15, -0.1) is 0 Å². The van der Waals surface area contributed by atoms with Gasteiger partial charge >= 0.3 is 0 Å². The predicted molar refractivity (Wildman–Crippen MR) is 149 cm³/mol. The number of aromatic hydroxyl groups is 3. The summed E-state index contributed by atoms with van der Waals surface area (Å²) in [5.74, 6) is 0.0345. The predicted octanol–water partition coefficient (Wildman–Crippen LogP) is 7.33. The number of hydrogen-bond donors (Lipinski definition) is 3. The first-order valence-corrected chi connectivity index (χ1v) is 12.4. The van der Waals surface area contributed by atoms with Gasteiger partial charge in [-0.05, 0) is 72.4 Å². The van der Waals surface area contributed by atoms with Gasteiger partial charge in [-0.3, -0.25) is 4.79 Å². The molecule has 2 aromatic carbocycles. The van der Waals surface area contributed by atoms with E-state index >= 15 is 0 Å². The fourth-order valence-corrected chi connectivity index (χ4v) is 4.18. The molecule has 0 saturated heterocycles. The van der Waals surface area contributed by atoms with Gasteiger partial charge in [-0.1, -0.05) is 34.9 Å². The Balaban J connectivity index is 2.29. The van der Waals surface area contributed by atoms with Crippen LogP contribution in [0.15, 0.2) is 68.4 Å². The maximum absolute atomic E-state index is 13.8. The van der Waals surface area contributed by atoms with Crippen LogP contribution in [0.4, 0.5) is 0 Å². The van der Waals surface area contributed by atoms with Crippen LogP contribution in [-0.4, -0.2) is 22.4 Å². The number of fused-ring (bicyclic) bond motifs is 1. The third kappa shape index (κ3) is 6.45. The number of rotatable bonds is 9. The summed E-state index contributed by atoms with van der Waals surface area (Å²) in [5, 5.41) is 31.3. The second-order valence-corrected chi connectivity index (χ2v) is 9.78. The topological polar surface area (TPSA) is 100 Å². The van der Waals surface area contributed by atoms with Gasteiger partial charge in [-0.25, -0.2) is 0 Å². The molecule has 0 fully saturated rings. The molecule has 0 radical (unpaired) electrons. The lowest BCUT2D eigenvalue weighted by molar-refractivity contribution is 0.403. The van der Waals surface area contributed by atoms with Crippen molar-refractivity contribution in [3.8, 4) is 34.3 Å². The second kappa shape index (κ2) is 11.9. The number of hydrogen-bond acceptors (Lipinski definition) is 6. The molecule has 37 heavy (non-hydrogen) atoms. The summed E-state index contributed by atoms with van der Waals surface area (Å²) in [6.45, 7) is 10.1. The van der Waals surface area contributed by atoms with Crippen LogP contribution in [0.25, 0.3) is 22.3 Å². The van der Waals surface area contributed by atoms with Crippen molar-refractivity contribution in [2.45, 2.75) is 60.3 Å². The number of ether oxygens (including phenoxy) is 1. The highest BCUT2D eigenvalue weighted by molar-refractivity contribution is 5.91. The molecule has 0 saturated carbocycles. The number of phenolic OH excluding ortho intramolecular Hbond substituents is 3. The molecule has 0 amide bonds. The molecule has 196 valence electrons. The smallest absolute Gasteiger partial charge is 0.200 e. The van der Waals surface area contributed by atoms with Crippen LogP contribution < -0.4 is 10.2 Å². The van der Waals surface area contributed by atoms with Gasteiger partial charge in [-0.2, -0.15) is 0 Å². The summed E-state index contributed by atoms with van der Waals surface area (Å²) >= 11 is 0. The van der Waals surface area contributed by atoms with E-state index in [1.165, 1.54) is 42.5 Å². The first-order valence-electron chi connectivity index (χ1n) is 12.4. The van der Waals surface area contributed by atoms with Crippen molar-refractivity contribution in [3.05, 3.63) is 80.6 Å². The van der Waals surface area contributed by atoms with Crippen molar-refractivity contribution in [1.29, 1.82) is 0 Å². The lowest BCUT2D eigenvalue weighted by Crippen LogP contribution is -2.12. The molecule has 1 aromatic heterocycles. The van der Waals surface area contributed by atoms with Gasteiger partial charge < -0.3 is 24.5 Å². The second-order valence-electron chi connectivity index (χ2n) is 9.78. The van der Waals surface area contributed by atoms with E-state index in [2.05, 4.69) is 32.9 Å². The maximum atomic E-state index is 13.8. The van der Waals surface area contributed by atoms with Crippen molar-refractivity contribution >= 4 is 11.0 Å². The average Bonchev–Trinajstić information content (AvgIpc) is 2.81. The van der Waals surface area contributed by atoms with E-state index in [9.17, 15) is 20.1 Å². The molecule has 0 spiro atoms. The highest BCUT2D eigenvalue weighted by Gasteiger charge is 2.24. The molecule has 0 atom stereocenters. The number of benzene rings is 2. The molecule has 3 N–H and O–H groups in total. The van der Waals surface area contributed by atoms with Crippen molar-refractivity contribution in [2.75, 3.05) is 7.11 Å². The highest BCUT2D eigenvalue weighted by atomic mass is 16.5. The summed E-state index contributed by atoms with van der Waals surface area (Å²) < 4.78 is 11.9. The fraction of sp³-hybridized carbons (Fsp3) is 0.323. The van der Waals surface area contributed by atoms with Crippen molar-refractivity contribution in [1.82, 2.24) is 0 Å².